The van der Waals surface area contributed by atoms with E-state index in [9.17, 15) is 4.79 Å². The number of nitrogens with zero attached hydrogens (tertiary/aromatic N) is 3. The molecule has 0 unspecified atom stereocenters. The van der Waals surface area contributed by atoms with Gasteiger partial charge in [-0.1, -0.05) is 6.92 Å². The van der Waals surface area contributed by atoms with Gasteiger partial charge in [0.05, 0.1) is 13.2 Å². The highest BCUT2D eigenvalue weighted by molar-refractivity contribution is 5.78. The molecular formula is C22H35N5O3. The van der Waals surface area contributed by atoms with E-state index in [0.29, 0.717) is 38.1 Å². The summed E-state index contributed by atoms with van der Waals surface area (Å²) in [7, 11) is 0. The van der Waals surface area contributed by atoms with Crippen LogP contribution in [0.25, 0.3) is 0 Å². The Labute approximate surface area is 179 Å². The summed E-state index contributed by atoms with van der Waals surface area (Å²) in [6, 6.07) is 4.10. The van der Waals surface area contributed by atoms with E-state index in [-0.39, 0.29) is 18.2 Å². The Bertz CT molecular complexity index is 710. The number of pyridine rings is 1. The van der Waals surface area contributed by atoms with E-state index in [4.69, 9.17) is 15.2 Å². The third-order valence-corrected chi connectivity index (χ3v) is 5.85. The molecule has 1 saturated carbocycles. The fourth-order valence-corrected chi connectivity index (χ4v) is 3.98. The van der Waals surface area contributed by atoms with Crippen LogP contribution in [0, 0.1) is 5.92 Å². The lowest BCUT2D eigenvalue weighted by Crippen LogP contribution is -2.48. The Hall–Kier alpha value is -2.51. The molecule has 3 N–H and O–H groups in total. The van der Waals surface area contributed by atoms with Gasteiger partial charge in [-0.3, -0.25) is 0 Å². The van der Waals surface area contributed by atoms with Gasteiger partial charge in [-0.05, 0) is 63.0 Å². The second kappa shape index (κ2) is 11.0. The van der Waals surface area contributed by atoms with Crippen molar-refractivity contribution < 1.29 is 14.3 Å². The molecule has 1 saturated heterocycles. The van der Waals surface area contributed by atoms with E-state index in [1.807, 2.05) is 19.1 Å². The highest BCUT2D eigenvalue weighted by atomic mass is 16.6. The van der Waals surface area contributed by atoms with Crippen LogP contribution in [0.15, 0.2) is 23.3 Å². The van der Waals surface area contributed by atoms with Crippen LogP contribution in [0.1, 0.15) is 57.9 Å². The van der Waals surface area contributed by atoms with Gasteiger partial charge < -0.3 is 25.4 Å². The predicted molar refractivity (Wildman–Crippen MR) is 116 cm³/mol. The summed E-state index contributed by atoms with van der Waals surface area (Å²) in [5.41, 5.74) is 7.10. The summed E-state index contributed by atoms with van der Waals surface area (Å²) < 4.78 is 11.1. The van der Waals surface area contributed by atoms with Gasteiger partial charge in [0.25, 0.3) is 0 Å². The van der Waals surface area contributed by atoms with Crippen LogP contribution in [0.2, 0.25) is 0 Å². The van der Waals surface area contributed by atoms with Gasteiger partial charge in [0.15, 0.2) is 5.96 Å². The monoisotopic (exact) mass is 417 g/mol. The normalized spacial score (nSPS) is 23.1. The summed E-state index contributed by atoms with van der Waals surface area (Å²) >= 11 is 0. The molecule has 8 heteroatoms. The maximum Gasteiger partial charge on any atom is 0.409 e. The summed E-state index contributed by atoms with van der Waals surface area (Å²) in [5.74, 6) is 1.89. The second-order valence-corrected chi connectivity index (χ2v) is 8.31. The molecule has 166 valence electrons. The lowest BCUT2D eigenvalue weighted by molar-refractivity contribution is 0.0963. The van der Waals surface area contributed by atoms with Crippen molar-refractivity contribution in [2.24, 2.45) is 16.6 Å². The molecule has 2 heterocycles. The van der Waals surface area contributed by atoms with Crippen molar-refractivity contribution in [2.75, 3.05) is 19.7 Å². The predicted octanol–water partition coefficient (Wildman–Crippen LogP) is 3.06. The van der Waals surface area contributed by atoms with Gasteiger partial charge in [-0.25, -0.2) is 14.8 Å². The highest BCUT2D eigenvalue weighted by Gasteiger charge is 2.23. The number of hydrogen-bond acceptors (Lipinski definition) is 5. The SMILES string of the molecule is CCOC(=O)N1CCC(NC(N)=NCc2ccnc(OC3CCC(C)CC3)c2)CC1. The van der Waals surface area contributed by atoms with Crippen LogP contribution in [0.4, 0.5) is 4.79 Å². The Kier molecular flexibility index (Phi) is 8.16. The number of ether oxygens (including phenoxy) is 2. The number of likely N-dealkylation sites (tertiary alicyclic amines) is 1. The van der Waals surface area contributed by atoms with Crippen molar-refractivity contribution in [3.05, 3.63) is 23.9 Å². The third kappa shape index (κ3) is 6.78. The molecule has 0 atom stereocenters. The fraction of sp³-hybridized carbons (Fsp3) is 0.682. The number of aliphatic imine (C=N–C) groups is 1. The van der Waals surface area contributed by atoms with E-state index in [2.05, 4.69) is 22.2 Å². The summed E-state index contributed by atoms with van der Waals surface area (Å²) in [6.07, 6.45) is 8.06. The standard InChI is InChI=1S/C22H35N5O3/c1-3-29-22(28)27-12-9-18(10-13-27)26-21(23)25-15-17-8-11-24-20(14-17)30-19-6-4-16(2)5-7-19/h8,11,14,16,18-19H,3-7,9-10,12-13,15H2,1-2H3,(H3,23,25,26). The minimum atomic E-state index is -0.240. The van der Waals surface area contributed by atoms with Crippen molar-refractivity contribution in [3.63, 3.8) is 0 Å². The van der Waals surface area contributed by atoms with Crippen LogP contribution < -0.4 is 15.8 Å². The third-order valence-electron chi connectivity index (χ3n) is 5.85. The van der Waals surface area contributed by atoms with Crippen LogP contribution >= 0.6 is 0 Å². The first-order valence-corrected chi connectivity index (χ1v) is 11.1. The molecule has 0 spiro atoms. The van der Waals surface area contributed by atoms with Gasteiger partial charge in [0, 0.05) is 31.4 Å². The fourth-order valence-electron chi connectivity index (χ4n) is 3.98. The Morgan fingerprint density at radius 3 is 2.70 bits per heavy atom. The molecule has 0 aromatic carbocycles. The highest BCUT2D eigenvalue weighted by Crippen LogP contribution is 2.26. The average molecular weight is 418 g/mol. The van der Waals surface area contributed by atoms with Crippen LogP contribution in [0.5, 0.6) is 5.88 Å². The van der Waals surface area contributed by atoms with Crippen LogP contribution in [0.3, 0.4) is 0 Å². The summed E-state index contributed by atoms with van der Waals surface area (Å²) in [4.78, 5) is 22.3. The van der Waals surface area contributed by atoms with Gasteiger partial charge in [-0.15, -0.1) is 0 Å². The van der Waals surface area contributed by atoms with Gasteiger partial charge in [0.2, 0.25) is 5.88 Å². The minimum Gasteiger partial charge on any atom is -0.474 e. The molecule has 1 aliphatic heterocycles. The van der Waals surface area contributed by atoms with Crippen molar-refractivity contribution in [3.8, 4) is 5.88 Å². The van der Waals surface area contributed by atoms with E-state index in [1.165, 1.54) is 12.8 Å². The minimum absolute atomic E-state index is 0.212. The molecule has 8 nitrogen and oxygen atoms in total. The number of guanidine groups is 1. The van der Waals surface area contributed by atoms with E-state index >= 15 is 0 Å². The molecule has 30 heavy (non-hydrogen) atoms. The first kappa shape index (κ1) is 22.2. The molecule has 0 radical (unpaired) electrons. The number of hydrogen-bond donors (Lipinski definition) is 2. The number of rotatable bonds is 6. The summed E-state index contributed by atoms with van der Waals surface area (Å²) in [5, 5.41) is 3.27. The quantitative estimate of drug-likeness (QED) is 0.545. The molecular weight excluding hydrogens is 382 g/mol. The van der Waals surface area contributed by atoms with Crippen molar-refractivity contribution in [2.45, 2.75) is 71.1 Å². The smallest absolute Gasteiger partial charge is 0.409 e. The molecule has 0 bridgehead atoms. The van der Waals surface area contributed by atoms with Crippen molar-refractivity contribution >= 4 is 12.1 Å². The zero-order valence-electron chi connectivity index (χ0n) is 18.2. The number of amides is 1. The number of piperidine rings is 1. The number of aromatic nitrogens is 1. The maximum atomic E-state index is 11.8. The van der Waals surface area contributed by atoms with E-state index in [1.54, 1.807) is 11.1 Å². The molecule has 1 aromatic heterocycles. The molecule has 2 aliphatic rings. The topological polar surface area (TPSA) is 102 Å². The van der Waals surface area contributed by atoms with Gasteiger partial charge in [0.1, 0.15) is 6.10 Å². The van der Waals surface area contributed by atoms with Crippen LogP contribution in [-0.2, 0) is 11.3 Å². The van der Waals surface area contributed by atoms with Crippen molar-refractivity contribution in [1.82, 2.24) is 15.2 Å². The van der Waals surface area contributed by atoms with Crippen molar-refractivity contribution in [1.29, 1.82) is 0 Å². The first-order valence-electron chi connectivity index (χ1n) is 11.1. The molecule has 1 aromatic rings. The van der Waals surface area contributed by atoms with Gasteiger partial charge >= 0.3 is 6.09 Å². The Morgan fingerprint density at radius 2 is 2.00 bits per heavy atom. The number of carbonyl (C=O) groups excluding carboxylic acids is 1. The lowest BCUT2D eigenvalue weighted by atomic mass is 9.89. The molecule has 1 amide bonds. The first-order chi connectivity index (χ1) is 14.5. The second-order valence-electron chi connectivity index (χ2n) is 8.31. The lowest BCUT2D eigenvalue weighted by Gasteiger charge is -2.31. The summed E-state index contributed by atoms with van der Waals surface area (Å²) in [6.45, 7) is 6.32. The zero-order valence-corrected chi connectivity index (χ0v) is 18.2. The van der Waals surface area contributed by atoms with Gasteiger partial charge in [-0.2, -0.15) is 0 Å². The number of nitrogens with two attached hydrogens (primary N) is 1. The zero-order chi connectivity index (χ0) is 21.3. The molecule has 1 aliphatic carbocycles. The van der Waals surface area contributed by atoms with E-state index < -0.39 is 0 Å². The number of nitrogens with one attached hydrogen (secondary N) is 1. The van der Waals surface area contributed by atoms with E-state index in [0.717, 1.165) is 37.2 Å². The maximum absolute atomic E-state index is 11.8. The molecule has 2 fully saturated rings. The number of carbonyl (C=O) groups is 1. The van der Waals surface area contributed by atoms with Crippen LogP contribution in [-0.4, -0.2) is 53.8 Å². The molecule has 3 rings (SSSR count). The average Bonchev–Trinajstić information content (AvgIpc) is 2.75. The Morgan fingerprint density at radius 1 is 1.27 bits per heavy atom. The Balaban J connectivity index is 1.43. The largest absolute Gasteiger partial charge is 0.474 e.